The number of allylic oxidation sites excluding steroid dienone is 4. The van der Waals surface area contributed by atoms with Crippen molar-refractivity contribution < 1.29 is 29.3 Å². The molecule has 8 nitrogen and oxygen atoms in total. The summed E-state index contributed by atoms with van der Waals surface area (Å²) < 4.78 is 10.2. The van der Waals surface area contributed by atoms with E-state index in [9.17, 15) is 19.8 Å². The lowest BCUT2D eigenvalue weighted by atomic mass is 10.0. The number of carbonyl (C=O) groups is 2. The van der Waals surface area contributed by atoms with E-state index in [1.165, 1.54) is 32.4 Å². The normalized spacial score (nSPS) is 11.5. The molecular formula is C23H24N2O6. The average Bonchev–Trinajstić information content (AvgIpc) is 2.76. The van der Waals surface area contributed by atoms with Crippen molar-refractivity contribution in [1.82, 2.24) is 0 Å². The summed E-state index contributed by atoms with van der Waals surface area (Å²) in [6.45, 7) is 5.45. The fourth-order valence-corrected chi connectivity index (χ4v) is 2.58. The molecule has 0 aliphatic heterocycles. The highest BCUT2D eigenvalue weighted by atomic mass is 16.5. The Hall–Kier alpha value is -4.20. The molecule has 162 valence electrons. The first kappa shape index (κ1) is 23.1. The molecule has 0 saturated carbocycles. The van der Waals surface area contributed by atoms with Crippen LogP contribution in [0.1, 0.15) is 27.6 Å². The number of hydrogen-bond acceptors (Lipinski definition) is 6. The van der Waals surface area contributed by atoms with Crippen molar-refractivity contribution in [2.24, 2.45) is 0 Å². The van der Waals surface area contributed by atoms with E-state index in [0.717, 1.165) is 0 Å². The van der Waals surface area contributed by atoms with Gasteiger partial charge in [0.25, 0.3) is 0 Å². The topological polar surface area (TPSA) is 117 Å². The Bertz CT molecular complexity index is 1040. The highest BCUT2D eigenvalue weighted by molar-refractivity contribution is 6.03. The highest BCUT2D eigenvalue weighted by Crippen LogP contribution is 2.30. The van der Waals surface area contributed by atoms with Crippen LogP contribution in [0.25, 0.3) is 0 Å². The number of carboxylic acids is 2. The van der Waals surface area contributed by atoms with Gasteiger partial charge in [0.2, 0.25) is 0 Å². The van der Waals surface area contributed by atoms with Crippen LogP contribution < -0.4 is 15.4 Å². The largest absolute Gasteiger partial charge is 0.501 e. The van der Waals surface area contributed by atoms with Gasteiger partial charge in [0.15, 0.2) is 0 Å². The third-order valence-corrected chi connectivity index (χ3v) is 4.31. The quantitative estimate of drug-likeness (QED) is 0.315. The number of ether oxygens (including phenoxy) is 2. The lowest BCUT2D eigenvalue weighted by Crippen LogP contribution is -2.10. The molecular weight excluding hydrogens is 400 g/mol. The van der Waals surface area contributed by atoms with E-state index in [1.54, 1.807) is 43.3 Å². The molecule has 2 rings (SSSR count). The lowest BCUT2D eigenvalue weighted by Gasteiger charge is -2.16. The van der Waals surface area contributed by atoms with Gasteiger partial charge in [-0.25, -0.2) is 9.59 Å². The average molecular weight is 424 g/mol. The summed E-state index contributed by atoms with van der Waals surface area (Å²) in [4.78, 5) is 23.7. The number of nitrogens with one attached hydrogen (secondary N) is 2. The Kier molecular flexibility index (Phi) is 7.85. The third kappa shape index (κ3) is 6.14. The van der Waals surface area contributed by atoms with Gasteiger partial charge in [-0.1, -0.05) is 6.58 Å². The van der Waals surface area contributed by atoms with Crippen LogP contribution in [0.2, 0.25) is 0 Å². The van der Waals surface area contributed by atoms with Crippen molar-refractivity contribution in [3.05, 3.63) is 83.8 Å². The number of anilines is 3. The van der Waals surface area contributed by atoms with Gasteiger partial charge in [0, 0.05) is 11.4 Å². The van der Waals surface area contributed by atoms with E-state index in [2.05, 4.69) is 17.2 Å². The van der Waals surface area contributed by atoms with Crippen molar-refractivity contribution in [1.29, 1.82) is 0 Å². The van der Waals surface area contributed by atoms with Crippen LogP contribution >= 0.6 is 0 Å². The van der Waals surface area contributed by atoms with Crippen LogP contribution in [0, 0.1) is 0 Å². The molecule has 8 heteroatoms. The van der Waals surface area contributed by atoms with E-state index in [1.807, 2.05) is 0 Å². The first-order valence-corrected chi connectivity index (χ1v) is 9.16. The van der Waals surface area contributed by atoms with Crippen LogP contribution in [0.5, 0.6) is 5.75 Å². The molecule has 0 bridgehead atoms. The predicted octanol–water partition coefficient (Wildman–Crippen LogP) is 4.87. The Labute approximate surface area is 180 Å². The standard InChI is InChI=1S/C23H24N2O6/c1-5-15(7-6-14(2)30-3)24-20-12-19(23(28)29)21(13-18(20)22(26)27)25-16-8-10-17(31-4)11-9-16/h5-13,24-25H,1H2,2-4H3,(H,26,27)(H,28,29)/b14-6+,15-7+. The molecule has 0 amide bonds. The number of benzene rings is 2. The first-order chi connectivity index (χ1) is 14.8. The van der Waals surface area contributed by atoms with E-state index in [0.29, 0.717) is 22.9 Å². The second-order valence-corrected chi connectivity index (χ2v) is 6.34. The highest BCUT2D eigenvalue weighted by Gasteiger charge is 2.19. The lowest BCUT2D eigenvalue weighted by molar-refractivity contribution is 0.0683. The zero-order valence-electron chi connectivity index (χ0n) is 17.4. The van der Waals surface area contributed by atoms with E-state index < -0.39 is 11.9 Å². The Balaban J connectivity index is 2.50. The summed E-state index contributed by atoms with van der Waals surface area (Å²) in [5.41, 5.74) is 1.08. The van der Waals surface area contributed by atoms with Gasteiger partial charge in [0.05, 0.1) is 42.5 Å². The van der Waals surface area contributed by atoms with Crippen LogP contribution in [0.15, 0.2) is 72.7 Å². The number of hydrogen-bond donors (Lipinski definition) is 4. The van der Waals surface area contributed by atoms with Crippen LogP contribution in [-0.2, 0) is 4.74 Å². The minimum atomic E-state index is -1.22. The summed E-state index contributed by atoms with van der Waals surface area (Å²) in [7, 11) is 3.06. The molecule has 0 aliphatic rings. The summed E-state index contributed by atoms with van der Waals surface area (Å²) in [6, 6.07) is 9.33. The van der Waals surface area contributed by atoms with Crippen LogP contribution in [0.3, 0.4) is 0 Å². The monoisotopic (exact) mass is 424 g/mol. The first-order valence-electron chi connectivity index (χ1n) is 9.16. The molecule has 0 fully saturated rings. The second-order valence-electron chi connectivity index (χ2n) is 6.34. The van der Waals surface area contributed by atoms with Gasteiger partial charge in [-0.15, -0.1) is 0 Å². The SMILES string of the molecule is C=C/C(=C\C=C(/C)OC)Nc1cc(C(=O)O)c(Nc2ccc(OC)cc2)cc1C(=O)O. The van der Waals surface area contributed by atoms with Gasteiger partial charge in [0.1, 0.15) is 5.75 Å². The summed E-state index contributed by atoms with van der Waals surface area (Å²) >= 11 is 0. The van der Waals surface area contributed by atoms with Crippen molar-refractivity contribution in [2.45, 2.75) is 6.92 Å². The molecule has 0 heterocycles. The van der Waals surface area contributed by atoms with Gasteiger partial charge in [-0.05, 0) is 61.5 Å². The second kappa shape index (κ2) is 10.5. The Morgan fingerprint density at radius 2 is 1.55 bits per heavy atom. The minimum Gasteiger partial charge on any atom is -0.501 e. The molecule has 0 aromatic heterocycles. The smallest absolute Gasteiger partial charge is 0.337 e. The van der Waals surface area contributed by atoms with E-state index in [4.69, 9.17) is 9.47 Å². The summed E-state index contributed by atoms with van der Waals surface area (Å²) in [5, 5.41) is 25.2. The molecule has 0 aliphatic carbocycles. The van der Waals surface area contributed by atoms with E-state index in [-0.39, 0.29) is 22.5 Å². The van der Waals surface area contributed by atoms with Crippen LogP contribution in [0.4, 0.5) is 17.1 Å². The van der Waals surface area contributed by atoms with Crippen molar-refractivity contribution in [3.8, 4) is 5.75 Å². The minimum absolute atomic E-state index is 0.102. The number of methoxy groups -OCH3 is 2. The summed E-state index contributed by atoms with van der Waals surface area (Å²) in [5.74, 6) is -1.17. The maximum absolute atomic E-state index is 11.9. The van der Waals surface area contributed by atoms with Gasteiger partial charge >= 0.3 is 11.9 Å². The fraction of sp³-hybridized carbons (Fsp3) is 0.130. The van der Waals surface area contributed by atoms with Gasteiger partial charge in [-0.2, -0.15) is 0 Å². The Morgan fingerprint density at radius 3 is 2.06 bits per heavy atom. The molecule has 2 aromatic rings. The maximum Gasteiger partial charge on any atom is 0.337 e. The van der Waals surface area contributed by atoms with Gasteiger partial charge in [-0.3, -0.25) is 0 Å². The Morgan fingerprint density at radius 1 is 0.968 bits per heavy atom. The number of rotatable bonds is 10. The number of aromatic carboxylic acids is 2. The zero-order chi connectivity index (χ0) is 23.0. The zero-order valence-corrected chi connectivity index (χ0v) is 17.4. The molecule has 0 radical (unpaired) electrons. The number of carboxylic acid groups (broad SMARTS) is 2. The van der Waals surface area contributed by atoms with Crippen molar-refractivity contribution in [2.75, 3.05) is 24.9 Å². The summed E-state index contributed by atoms with van der Waals surface area (Å²) in [6.07, 6.45) is 4.79. The van der Waals surface area contributed by atoms with Crippen molar-refractivity contribution in [3.63, 3.8) is 0 Å². The van der Waals surface area contributed by atoms with Crippen LogP contribution in [-0.4, -0.2) is 36.4 Å². The third-order valence-electron chi connectivity index (χ3n) is 4.31. The molecule has 0 spiro atoms. The molecule has 31 heavy (non-hydrogen) atoms. The fourth-order valence-electron chi connectivity index (χ4n) is 2.58. The molecule has 0 atom stereocenters. The molecule has 4 N–H and O–H groups in total. The maximum atomic E-state index is 11.9. The van der Waals surface area contributed by atoms with E-state index >= 15 is 0 Å². The predicted molar refractivity (Wildman–Crippen MR) is 119 cm³/mol. The molecule has 0 saturated heterocycles. The molecule has 2 aromatic carbocycles. The van der Waals surface area contributed by atoms with Gasteiger partial charge < -0.3 is 30.3 Å². The van der Waals surface area contributed by atoms with Crippen molar-refractivity contribution >= 4 is 29.0 Å². The molecule has 0 unspecified atom stereocenters.